The van der Waals surface area contributed by atoms with Crippen molar-refractivity contribution in [2.45, 2.75) is 46.0 Å². The van der Waals surface area contributed by atoms with Crippen molar-refractivity contribution in [3.8, 4) is 11.5 Å². The van der Waals surface area contributed by atoms with Crippen molar-refractivity contribution in [3.63, 3.8) is 0 Å². The summed E-state index contributed by atoms with van der Waals surface area (Å²) in [6, 6.07) is 12.3. The molecule has 0 bridgehead atoms. The molecule has 1 aliphatic heterocycles. The van der Waals surface area contributed by atoms with Gasteiger partial charge in [0, 0.05) is 18.7 Å². The summed E-state index contributed by atoms with van der Waals surface area (Å²) in [4.78, 5) is 27.8. The number of hydrogen-bond acceptors (Lipinski definition) is 4. The van der Waals surface area contributed by atoms with Crippen LogP contribution in [0.25, 0.3) is 0 Å². The molecule has 1 saturated heterocycles. The van der Waals surface area contributed by atoms with Crippen LogP contribution in [0.1, 0.15) is 66.7 Å². The number of benzene rings is 2. The van der Waals surface area contributed by atoms with E-state index in [9.17, 15) is 9.59 Å². The Bertz CT molecular complexity index is 891. The molecular weight excluding hydrogens is 392 g/mol. The number of nitrogens with zero attached hydrogens (tertiary/aromatic N) is 1. The monoisotopic (exact) mass is 424 g/mol. The van der Waals surface area contributed by atoms with E-state index in [0.717, 1.165) is 45.2 Å². The van der Waals surface area contributed by atoms with Gasteiger partial charge < -0.3 is 19.7 Å². The number of unbranched alkanes of at least 4 members (excludes halogenated alkanes) is 1. The Labute approximate surface area is 184 Å². The highest BCUT2D eigenvalue weighted by molar-refractivity contribution is 6.09. The third-order valence-electron chi connectivity index (χ3n) is 5.31. The van der Waals surface area contributed by atoms with Gasteiger partial charge in [0.2, 0.25) is 0 Å². The molecule has 1 N–H and O–H groups in total. The van der Waals surface area contributed by atoms with E-state index in [1.807, 2.05) is 24.0 Å². The number of nitrogens with one attached hydrogen (secondary N) is 1. The topological polar surface area (TPSA) is 67.9 Å². The molecule has 2 aromatic carbocycles. The number of amides is 2. The molecule has 0 aliphatic carbocycles. The SMILES string of the molecule is CCCCOc1ccc(C(=O)Nc2ccccc2C(=O)N2CCCCC2)cc1OCC. The van der Waals surface area contributed by atoms with Crippen LogP contribution in [0.15, 0.2) is 42.5 Å². The number of carbonyl (C=O) groups excluding carboxylic acids is 2. The highest BCUT2D eigenvalue weighted by atomic mass is 16.5. The van der Waals surface area contributed by atoms with E-state index in [2.05, 4.69) is 12.2 Å². The number of ether oxygens (including phenoxy) is 2. The normalized spacial score (nSPS) is 13.5. The molecule has 0 atom stereocenters. The summed E-state index contributed by atoms with van der Waals surface area (Å²) in [7, 11) is 0. The second kappa shape index (κ2) is 11.4. The molecule has 3 rings (SSSR count). The number of para-hydroxylation sites is 1. The number of piperidine rings is 1. The van der Waals surface area contributed by atoms with Gasteiger partial charge in [0.25, 0.3) is 11.8 Å². The van der Waals surface area contributed by atoms with Crippen molar-refractivity contribution in [1.82, 2.24) is 4.90 Å². The number of hydrogen-bond donors (Lipinski definition) is 1. The molecule has 0 radical (unpaired) electrons. The smallest absolute Gasteiger partial charge is 0.255 e. The first kappa shape index (κ1) is 22.7. The summed E-state index contributed by atoms with van der Waals surface area (Å²) < 4.78 is 11.5. The Morgan fingerprint density at radius 1 is 0.968 bits per heavy atom. The average molecular weight is 425 g/mol. The zero-order valence-electron chi connectivity index (χ0n) is 18.5. The van der Waals surface area contributed by atoms with Gasteiger partial charge in [0.1, 0.15) is 0 Å². The molecule has 6 nitrogen and oxygen atoms in total. The minimum absolute atomic E-state index is 0.0368. The highest BCUT2D eigenvalue weighted by Gasteiger charge is 2.22. The Morgan fingerprint density at radius 2 is 1.74 bits per heavy atom. The van der Waals surface area contributed by atoms with Crippen LogP contribution in [0.3, 0.4) is 0 Å². The maximum atomic E-state index is 13.0. The zero-order chi connectivity index (χ0) is 22.1. The molecule has 1 aliphatic rings. The summed E-state index contributed by atoms with van der Waals surface area (Å²) >= 11 is 0. The highest BCUT2D eigenvalue weighted by Crippen LogP contribution is 2.29. The first-order valence-corrected chi connectivity index (χ1v) is 11.2. The maximum Gasteiger partial charge on any atom is 0.255 e. The Kier molecular flexibility index (Phi) is 8.33. The van der Waals surface area contributed by atoms with E-state index < -0.39 is 0 Å². The van der Waals surface area contributed by atoms with Crippen LogP contribution in [-0.2, 0) is 0 Å². The lowest BCUT2D eigenvalue weighted by Gasteiger charge is -2.27. The van der Waals surface area contributed by atoms with E-state index in [0.29, 0.717) is 41.5 Å². The lowest BCUT2D eigenvalue weighted by Crippen LogP contribution is -2.36. The summed E-state index contributed by atoms with van der Waals surface area (Å²) in [5.74, 6) is 0.849. The molecule has 166 valence electrons. The predicted molar refractivity (Wildman–Crippen MR) is 122 cm³/mol. The molecule has 2 amide bonds. The van der Waals surface area contributed by atoms with Crippen LogP contribution in [0.2, 0.25) is 0 Å². The van der Waals surface area contributed by atoms with Crippen LogP contribution < -0.4 is 14.8 Å². The molecule has 1 fully saturated rings. The molecular formula is C25H32N2O4. The second-order valence-electron chi connectivity index (χ2n) is 7.65. The van der Waals surface area contributed by atoms with Gasteiger partial charge in [-0.2, -0.15) is 0 Å². The summed E-state index contributed by atoms with van der Waals surface area (Å²) in [6.07, 6.45) is 5.19. The molecule has 1 heterocycles. The van der Waals surface area contributed by atoms with Gasteiger partial charge in [-0.05, 0) is 62.9 Å². The number of likely N-dealkylation sites (tertiary alicyclic amines) is 1. The van der Waals surface area contributed by atoms with Crippen LogP contribution in [0.4, 0.5) is 5.69 Å². The van der Waals surface area contributed by atoms with Gasteiger partial charge in [-0.1, -0.05) is 25.5 Å². The summed E-state index contributed by atoms with van der Waals surface area (Å²) in [5.41, 5.74) is 1.48. The van der Waals surface area contributed by atoms with E-state index in [4.69, 9.17) is 9.47 Å². The van der Waals surface area contributed by atoms with Crippen molar-refractivity contribution in [1.29, 1.82) is 0 Å². The molecule has 0 unspecified atom stereocenters. The summed E-state index contributed by atoms with van der Waals surface area (Å²) in [5, 5.41) is 2.91. The second-order valence-corrected chi connectivity index (χ2v) is 7.65. The third kappa shape index (κ3) is 6.00. The molecule has 2 aromatic rings. The van der Waals surface area contributed by atoms with Crippen LogP contribution >= 0.6 is 0 Å². The van der Waals surface area contributed by atoms with E-state index in [-0.39, 0.29) is 11.8 Å². The largest absolute Gasteiger partial charge is 0.490 e. The Morgan fingerprint density at radius 3 is 2.48 bits per heavy atom. The Balaban J connectivity index is 1.77. The van der Waals surface area contributed by atoms with Gasteiger partial charge >= 0.3 is 0 Å². The maximum absolute atomic E-state index is 13.0. The number of anilines is 1. The van der Waals surface area contributed by atoms with Gasteiger partial charge in [-0.3, -0.25) is 9.59 Å². The molecule has 0 aromatic heterocycles. The molecule has 6 heteroatoms. The molecule has 31 heavy (non-hydrogen) atoms. The fraction of sp³-hybridized carbons (Fsp3) is 0.440. The van der Waals surface area contributed by atoms with E-state index >= 15 is 0 Å². The van der Waals surface area contributed by atoms with Crippen molar-refractivity contribution in [2.75, 3.05) is 31.6 Å². The first-order valence-electron chi connectivity index (χ1n) is 11.2. The first-order chi connectivity index (χ1) is 15.1. The van der Waals surface area contributed by atoms with Crippen LogP contribution in [0.5, 0.6) is 11.5 Å². The lowest BCUT2D eigenvalue weighted by molar-refractivity contribution is 0.0725. The van der Waals surface area contributed by atoms with Crippen molar-refractivity contribution >= 4 is 17.5 Å². The standard InChI is InChI=1S/C25H32N2O4/c1-3-5-17-31-22-14-13-19(18-23(22)30-4-2)24(28)26-21-12-8-7-11-20(21)25(29)27-15-9-6-10-16-27/h7-8,11-14,18H,3-6,9-10,15-17H2,1-2H3,(H,26,28). The van der Waals surface area contributed by atoms with Crippen molar-refractivity contribution in [3.05, 3.63) is 53.6 Å². The summed E-state index contributed by atoms with van der Waals surface area (Å²) in [6.45, 7) is 6.60. The lowest BCUT2D eigenvalue weighted by atomic mass is 10.1. The van der Waals surface area contributed by atoms with Crippen molar-refractivity contribution in [2.24, 2.45) is 0 Å². The van der Waals surface area contributed by atoms with Gasteiger partial charge in [-0.25, -0.2) is 0 Å². The number of carbonyl (C=O) groups is 2. The van der Waals surface area contributed by atoms with Crippen LogP contribution in [0, 0.1) is 0 Å². The minimum atomic E-state index is -0.292. The van der Waals surface area contributed by atoms with E-state index in [1.54, 1.807) is 30.3 Å². The fourth-order valence-corrected chi connectivity index (χ4v) is 3.60. The predicted octanol–water partition coefficient (Wildman–Crippen LogP) is 5.14. The van der Waals surface area contributed by atoms with Crippen LogP contribution in [-0.4, -0.2) is 43.0 Å². The van der Waals surface area contributed by atoms with Gasteiger partial charge in [-0.15, -0.1) is 0 Å². The third-order valence-corrected chi connectivity index (χ3v) is 5.31. The minimum Gasteiger partial charge on any atom is -0.490 e. The van der Waals surface area contributed by atoms with E-state index in [1.165, 1.54) is 0 Å². The number of rotatable bonds is 9. The quantitative estimate of drug-likeness (QED) is 0.566. The van der Waals surface area contributed by atoms with Gasteiger partial charge in [0.15, 0.2) is 11.5 Å². The zero-order valence-corrected chi connectivity index (χ0v) is 18.5. The Hall–Kier alpha value is -3.02. The fourth-order valence-electron chi connectivity index (χ4n) is 3.60. The molecule has 0 spiro atoms. The van der Waals surface area contributed by atoms with Crippen molar-refractivity contribution < 1.29 is 19.1 Å². The molecule has 0 saturated carbocycles. The van der Waals surface area contributed by atoms with Gasteiger partial charge in [0.05, 0.1) is 24.5 Å². The average Bonchev–Trinajstić information content (AvgIpc) is 2.80.